The Labute approximate surface area is 153 Å². The molecule has 2 amide bonds. The Morgan fingerprint density at radius 2 is 1.40 bits per heavy atom. The summed E-state index contributed by atoms with van der Waals surface area (Å²) < 4.78 is 0.772. The minimum Gasteiger partial charge on any atom is -0.322 e. The zero-order valence-electron chi connectivity index (χ0n) is 13.1. The van der Waals surface area contributed by atoms with E-state index in [1.54, 1.807) is 18.2 Å². The van der Waals surface area contributed by atoms with Gasteiger partial charge in [-0.1, -0.05) is 30.3 Å². The summed E-state index contributed by atoms with van der Waals surface area (Å²) in [6.45, 7) is 0. The lowest BCUT2D eigenvalue weighted by atomic mass is 10.1. The molecule has 0 bridgehead atoms. The second-order valence-electron chi connectivity index (χ2n) is 5.22. The average molecular weight is 396 g/mol. The van der Waals surface area contributed by atoms with Crippen LogP contribution in [0.4, 0.5) is 11.4 Å². The first-order valence-corrected chi connectivity index (χ1v) is 8.30. The fourth-order valence-corrected chi connectivity index (χ4v) is 2.55. The molecule has 0 spiro atoms. The zero-order chi connectivity index (χ0) is 17.6. The number of benzene rings is 2. The number of hydrogen-bond acceptors (Lipinski definition) is 3. The third-order valence-electron chi connectivity index (χ3n) is 3.42. The summed E-state index contributed by atoms with van der Waals surface area (Å²) >= 11 is 3.38. The predicted molar refractivity (Wildman–Crippen MR) is 101 cm³/mol. The number of carbonyl (C=O) groups is 2. The number of para-hydroxylation sites is 2. The first kappa shape index (κ1) is 16.9. The predicted octanol–water partition coefficient (Wildman–Crippen LogP) is 4.35. The van der Waals surface area contributed by atoms with Crippen molar-refractivity contribution < 1.29 is 9.59 Å². The average Bonchev–Trinajstić information content (AvgIpc) is 2.64. The van der Waals surface area contributed by atoms with Crippen molar-refractivity contribution in [1.29, 1.82) is 0 Å². The Bertz CT molecular complexity index is 913. The number of rotatable bonds is 4. The van der Waals surface area contributed by atoms with Crippen molar-refractivity contribution in [3.63, 3.8) is 0 Å². The van der Waals surface area contributed by atoms with E-state index >= 15 is 0 Å². The largest absolute Gasteiger partial charge is 0.322 e. The van der Waals surface area contributed by atoms with E-state index < -0.39 is 0 Å². The number of amides is 2. The number of aromatic nitrogens is 1. The summed E-state index contributed by atoms with van der Waals surface area (Å²) in [4.78, 5) is 28.7. The molecule has 3 aromatic rings. The molecule has 0 radical (unpaired) electrons. The van der Waals surface area contributed by atoms with E-state index in [1.807, 2.05) is 36.4 Å². The van der Waals surface area contributed by atoms with E-state index in [0.717, 1.165) is 4.47 Å². The molecule has 0 aliphatic heterocycles. The number of hydrogen-bond donors (Lipinski definition) is 2. The summed E-state index contributed by atoms with van der Waals surface area (Å²) in [5.41, 5.74) is 1.93. The Morgan fingerprint density at radius 1 is 0.800 bits per heavy atom. The van der Waals surface area contributed by atoms with Crippen LogP contribution in [0.3, 0.4) is 0 Å². The van der Waals surface area contributed by atoms with Crippen molar-refractivity contribution in [2.45, 2.75) is 0 Å². The van der Waals surface area contributed by atoms with Gasteiger partial charge in [0.15, 0.2) is 0 Å². The third kappa shape index (κ3) is 4.30. The molecule has 1 aromatic heterocycles. The molecule has 25 heavy (non-hydrogen) atoms. The van der Waals surface area contributed by atoms with Gasteiger partial charge in [0.2, 0.25) is 0 Å². The lowest BCUT2D eigenvalue weighted by molar-refractivity contribution is 0.102. The van der Waals surface area contributed by atoms with Crippen LogP contribution in [0.15, 0.2) is 77.5 Å². The minimum atomic E-state index is -0.339. The van der Waals surface area contributed by atoms with Crippen LogP contribution in [-0.4, -0.2) is 16.8 Å². The van der Waals surface area contributed by atoms with Crippen LogP contribution < -0.4 is 10.6 Å². The van der Waals surface area contributed by atoms with Crippen molar-refractivity contribution >= 4 is 39.1 Å². The van der Waals surface area contributed by atoms with Crippen molar-refractivity contribution in [2.75, 3.05) is 10.6 Å². The summed E-state index contributed by atoms with van der Waals surface area (Å²) in [6.07, 6.45) is 2.85. The molecule has 0 atom stereocenters. The number of anilines is 2. The van der Waals surface area contributed by atoms with E-state index in [-0.39, 0.29) is 11.8 Å². The highest BCUT2D eigenvalue weighted by molar-refractivity contribution is 9.10. The Hall–Kier alpha value is -2.99. The highest BCUT2D eigenvalue weighted by atomic mass is 79.9. The van der Waals surface area contributed by atoms with Gasteiger partial charge in [0, 0.05) is 22.6 Å². The molecule has 2 N–H and O–H groups in total. The van der Waals surface area contributed by atoms with Gasteiger partial charge < -0.3 is 10.6 Å². The van der Waals surface area contributed by atoms with Gasteiger partial charge in [0.25, 0.3) is 11.8 Å². The van der Waals surface area contributed by atoms with Gasteiger partial charge in [-0.05, 0) is 46.3 Å². The maximum atomic E-state index is 12.4. The van der Waals surface area contributed by atoms with Crippen LogP contribution in [0, 0.1) is 0 Å². The SMILES string of the molecule is O=C(Nc1ccccc1)c1cncc(C(=O)Nc2ccccc2Br)c1. The molecule has 1 heterocycles. The molecule has 5 nitrogen and oxygen atoms in total. The maximum Gasteiger partial charge on any atom is 0.257 e. The molecule has 0 unspecified atom stereocenters. The Balaban J connectivity index is 1.76. The van der Waals surface area contributed by atoms with Gasteiger partial charge in [-0.2, -0.15) is 0 Å². The number of nitrogens with one attached hydrogen (secondary N) is 2. The molecular formula is C19H14BrN3O2. The van der Waals surface area contributed by atoms with Gasteiger partial charge >= 0.3 is 0 Å². The lowest BCUT2D eigenvalue weighted by Gasteiger charge is -2.08. The number of pyridine rings is 1. The van der Waals surface area contributed by atoms with E-state index in [1.165, 1.54) is 18.5 Å². The molecule has 2 aromatic carbocycles. The normalized spacial score (nSPS) is 10.1. The monoisotopic (exact) mass is 395 g/mol. The first-order chi connectivity index (χ1) is 12.1. The Kier molecular flexibility index (Phi) is 5.20. The number of nitrogens with zero attached hydrogens (tertiary/aromatic N) is 1. The van der Waals surface area contributed by atoms with Crippen molar-refractivity contribution in [1.82, 2.24) is 4.98 Å². The van der Waals surface area contributed by atoms with Crippen LogP contribution >= 0.6 is 15.9 Å². The zero-order valence-corrected chi connectivity index (χ0v) is 14.7. The van der Waals surface area contributed by atoms with Crippen molar-refractivity contribution in [3.8, 4) is 0 Å². The smallest absolute Gasteiger partial charge is 0.257 e. The topological polar surface area (TPSA) is 71.1 Å². The fraction of sp³-hybridized carbons (Fsp3) is 0. The summed E-state index contributed by atoms with van der Waals surface area (Å²) in [6, 6.07) is 17.9. The van der Waals surface area contributed by atoms with Gasteiger partial charge in [0.05, 0.1) is 16.8 Å². The lowest BCUT2D eigenvalue weighted by Crippen LogP contribution is -2.16. The summed E-state index contributed by atoms with van der Waals surface area (Å²) in [5.74, 6) is -0.664. The van der Waals surface area contributed by atoms with E-state index in [0.29, 0.717) is 22.5 Å². The van der Waals surface area contributed by atoms with Gasteiger partial charge in [0.1, 0.15) is 0 Å². The van der Waals surface area contributed by atoms with E-state index in [4.69, 9.17) is 0 Å². The number of carbonyl (C=O) groups excluding carboxylic acids is 2. The first-order valence-electron chi connectivity index (χ1n) is 7.51. The second-order valence-corrected chi connectivity index (χ2v) is 6.07. The third-order valence-corrected chi connectivity index (χ3v) is 4.11. The quantitative estimate of drug-likeness (QED) is 0.689. The molecule has 0 saturated heterocycles. The number of halogens is 1. The van der Waals surface area contributed by atoms with E-state index in [2.05, 4.69) is 31.5 Å². The standard InChI is InChI=1S/C19H14BrN3O2/c20-16-8-4-5-9-17(16)23-19(25)14-10-13(11-21-12-14)18(24)22-15-6-2-1-3-7-15/h1-12H,(H,22,24)(H,23,25). The van der Waals surface area contributed by atoms with Crippen LogP contribution in [-0.2, 0) is 0 Å². The summed E-state index contributed by atoms with van der Waals surface area (Å²) in [7, 11) is 0. The molecule has 0 aliphatic carbocycles. The molecule has 6 heteroatoms. The molecule has 0 aliphatic rings. The molecular weight excluding hydrogens is 382 g/mol. The van der Waals surface area contributed by atoms with Crippen LogP contribution in [0.25, 0.3) is 0 Å². The fourth-order valence-electron chi connectivity index (χ4n) is 2.17. The van der Waals surface area contributed by atoms with Crippen LogP contribution in [0.5, 0.6) is 0 Å². The van der Waals surface area contributed by atoms with Crippen molar-refractivity contribution in [2.24, 2.45) is 0 Å². The molecule has 0 saturated carbocycles. The van der Waals surface area contributed by atoms with Crippen LogP contribution in [0.1, 0.15) is 20.7 Å². The highest BCUT2D eigenvalue weighted by Crippen LogP contribution is 2.22. The Morgan fingerprint density at radius 3 is 2.08 bits per heavy atom. The van der Waals surface area contributed by atoms with Gasteiger partial charge in [-0.3, -0.25) is 14.6 Å². The molecule has 0 fully saturated rings. The molecule has 3 rings (SSSR count). The second kappa shape index (κ2) is 7.72. The van der Waals surface area contributed by atoms with Crippen molar-refractivity contribution in [3.05, 3.63) is 88.7 Å². The van der Waals surface area contributed by atoms with Crippen LogP contribution in [0.2, 0.25) is 0 Å². The minimum absolute atomic E-state index is 0.302. The summed E-state index contributed by atoms with van der Waals surface area (Å²) in [5, 5.41) is 5.55. The van der Waals surface area contributed by atoms with Gasteiger partial charge in [-0.25, -0.2) is 0 Å². The molecule has 124 valence electrons. The maximum absolute atomic E-state index is 12.4. The van der Waals surface area contributed by atoms with Gasteiger partial charge in [-0.15, -0.1) is 0 Å². The van der Waals surface area contributed by atoms with E-state index in [9.17, 15) is 9.59 Å². The highest BCUT2D eigenvalue weighted by Gasteiger charge is 2.12.